The lowest BCUT2D eigenvalue weighted by Crippen LogP contribution is -2.62. The molecule has 137 heavy (non-hydrogen) atoms. The number of primary amides is 1. The van der Waals surface area contributed by atoms with E-state index >= 15 is 0 Å². The van der Waals surface area contributed by atoms with Gasteiger partial charge in [0.15, 0.2) is 0 Å². The van der Waals surface area contributed by atoms with Gasteiger partial charge in [0.05, 0.1) is 32.3 Å². The molecule has 2 fully saturated rings. The predicted octanol–water partition coefficient (Wildman–Crippen LogP) is -3.27. The number of carbonyl (C=O) groups is 20. The number of esters is 1. The Hall–Kier alpha value is -11.3. The molecule has 26 N–H and O–H groups in total. The molecule has 0 bridgehead atoms. The molecule has 45 heteroatoms. The van der Waals surface area contributed by atoms with E-state index in [1.54, 1.807) is 111 Å². The van der Waals surface area contributed by atoms with Crippen LogP contribution in [0.5, 0.6) is 0 Å². The van der Waals surface area contributed by atoms with Crippen molar-refractivity contribution in [3.8, 4) is 0 Å². The molecule has 0 aromatic rings. The van der Waals surface area contributed by atoms with Crippen LogP contribution in [-0.2, 0) is 101 Å². The summed E-state index contributed by atoms with van der Waals surface area (Å²) >= 11 is 0. The van der Waals surface area contributed by atoms with Crippen molar-refractivity contribution in [2.45, 2.75) is 350 Å². The molecule has 17 unspecified atom stereocenters. The van der Waals surface area contributed by atoms with Crippen molar-refractivity contribution in [3.05, 3.63) is 23.5 Å². The molecule has 2 heterocycles. The maximum Gasteiger partial charge on any atom is 0.328 e. The highest BCUT2D eigenvalue weighted by molar-refractivity contribution is 6.05. The minimum atomic E-state index is -1.84. The Bertz CT molecular complexity index is 4140. The molecule has 2 aliphatic heterocycles. The van der Waals surface area contributed by atoms with Crippen LogP contribution in [0.4, 0.5) is 0 Å². The van der Waals surface area contributed by atoms with Gasteiger partial charge in [-0.25, -0.2) is 4.79 Å². The van der Waals surface area contributed by atoms with Crippen LogP contribution < -0.4 is 108 Å². The number of hydrogen-bond acceptors (Lipinski definition) is 26. The first-order valence-electron chi connectivity index (χ1n) is 47.8. The molecular weight excluding hydrogens is 1780 g/mol. The van der Waals surface area contributed by atoms with Gasteiger partial charge in [0.25, 0.3) is 11.8 Å². The van der Waals surface area contributed by atoms with Crippen molar-refractivity contribution in [2.75, 3.05) is 39.4 Å². The summed E-state index contributed by atoms with van der Waals surface area (Å²) in [6.07, 6.45) is 2.61. The van der Waals surface area contributed by atoms with Gasteiger partial charge in [-0.1, -0.05) is 149 Å². The number of rotatable bonds is 55. The third kappa shape index (κ3) is 42.7. The fourth-order valence-electron chi connectivity index (χ4n) is 15.0. The maximum absolute atomic E-state index is 14.6. The molecule has 0 aromatic carbocycles. The van der Waals surface area contributed by atoms with Gasteiger partial charge in [-0.05, 0) is 158 Å². The summed E-state index contributed by atoms with van der Waals surface area (Å²) in [5.41, 5.74) is 16.5. The van der Waals surface area contributed by atoms with Crippen LogP contribution in [0.3, 0.4) is 0 Å². The van der Waals surface area contributed by atoms with Gasteiger partial charge in [-0.15, -0.1) is 0 Å². The van der Waals surface area contributed by atoms with Crippen LogP contribution in [0.2, 0.25) is 0 Å². The molecule has 0 aromatic heterocycles. The number of hydrogen-bond donors (Lipinski definition) is 23. The lowest BCUT2D eigenvalue weighted by atomic mass is 9.97. The van der Waals surface area contributed by atoms with Gasteiger partial charge >= 0.3 is 5.97 Å². The molecule has 0 aliphatic carbocycles. The molecular formula is C92H159N21O24. The van der Waals surface area contributed by atoms with Crippen LogP contribution in [0.1, 0.15) is 248 Å². The van der Waals surface area contributed by atoms with Crippen molar-refractivity contribution >= 4 is 118 Å². The van der Waals surface area contributed by atoms with Gasteiger partial charge in [-0.3, -0.25) is 91.1 Å². The summed E-state index contributed by atoms with van der Waals surface area (Å²) in [6, 6.07) is -22.3. The fraction of sp³-hybridized carbons (Fsp3) is 0.739. The molecule has 19 amide bonds. The smallest absolute Gasteiger partial charge is 0.328 e. The van der Waals surface area contributed by atoms with Crippen molar-refractivity contribution in [3.63, 3.8) is 0 Å². The molecule has 0 spiro atoms. The predicted molar refractivity (Wildman–Crippen MR) is 505 cm³/mol. The number of nitrogens with two attached hydrogens (primary N) is 3. The molecule has 0 saturated carbocycles. The highest BCUT2D eigenvalue weighted by Gasteiger charge is 2.44. The van der Waals surface area contributed by atoms with Gasteiger partial charge in [0, 0.05) is 13.0 Å². The Morgan fingerprint density at radius 1 is 0.482 bits per heavy atom. The zero-order valence-electron chi connectivity index (χ0n) is 83.4. The van der Waals surface area contributed by atoms with Gasteiger partial charge in [-0.2, -0.15) is 0 Å². The molecule has 2 saturated heterocycles. The number of carbonyl (C=O) groups excluding carboxylic acids is 20. The number of unbranched alkanes of at least 4 members (excludes halogenated alkanes) is 3. The number of aliphatic hydroxyl groups is 3. The van der Waals surface area contributed by atoms with E-state index in [4.69, 9.17) is 21.9 Å². The third-order valence-corrected chi connectivity index (χ3v) is 22.7. The van der Waals surface area contributed by atoms with Crippen LogP contribution >= 0.6 is 0 Å². The van der Waals surface area contributed by atoms with E-state index in [1.807, 2.05) is 6.92 Å². The van der Waals surface area contributed by atoms with Crippen molar-refractivity contribution < 1.29 is 116 Å². The summed E-state index contributed by atoms with van der Waals surface area (Å²) in [5, 5.41) is 74.8. The molecule has 2 rings (SSSR count). The normalized spacial score (nSPS) is 19.5. The summed E-state index contributed by atoms with van der Waals surface area (Å²) in [7, 11) is 0. The van der Waals surface area contributed by atoms with Crippen LogP contribution in [0.25, 0.3) is 0 Å². The third-order valence-electron chi connectivity index (χ3n) is 22.7. The number of cyclic esters (lactones) is 1. The van der Waals surface area contributed by atoms with Crippen molar-refractivity contribution in [2.24, 2.45) is 64.5 Å². The van der Waals surface area contributed by atoms with Crippen LogP contribution in [0, 0.1) is 47.3 Å². The summed E-state index contributed by atoms with van der Waals surface area (Å²) < 4.78 is 5.80. The van der Waals surface area contributed by atoms with E-state index in [0.29, 0.717) is 32.1 Å². The number of likely N-dealkylation sites (tertiary alicyclic amines) is 1. The van der Waals surface area contributed by atoms with E-state index in [1.165, 1.54) is 31.7 Å². The summed E-state index contributed by atoms with van der Waals surface area (Å²) in [4.78, 5) is 282. The monoisotopic (exact) mass is 1940 g/mol. The lowest BCUT2D eigenvalue weighted by Gasteiger charge is -2.31. The summed E-state index contributed by atoms with van der Waals surface area (Å²) in [6.45, 7) is 30.0. The number of allylic oxidation sites excluding steroid dienone is 2. The number of aliphatic hydroxyl groups excluding tert-OH is 3. The molecule has 17 atom stereocenters. The zero-order chi connectivity index (χ0) is 104. The topological polar surface area (TPSA) is 697 Å². The average Bonchev–Trinajstić information content (AvgIpc) is 1.64. The Kier molecular flexibility index (Phi) is 54.9. The summed E-state index contributed by atoms with van der Waals surface area (Å²) in [5.74, 6) is -22.8. The standard InChI is InChI=1S/C92H159N21O24/c1-21-24-25-29-55(116)42-69(118)97-57(23-3)91(135)113-37-28-31-67(113)85(129)106-65(44-114)83(127)103-63(40-48(8)9)81(125)109-72(51(14)15)88(132)107-66(45-115)84(128)104-64(41-49(10)11)82(126)110-74(53(18)19)89(133)111-73(52(16)17)87(131)100-58(32-33-68(95)117)78(122)102-62(39-47(6)7)80(124)108-71(50(12)13)86(130)99-56(22-2)77(121)112-75-54(20)137-92(136)60(30-26-27-35-93)101-79(123)59(34-36-94)98-70(119)43-96-76(120)61(38-46(4)5)105-90(75)134/h22-23,46-55,58-67,71-75,114-116H,21,24-45,93-94H2,1-20H3,(H2,95,117)(H,96,120)(H,97,118)(H,98,119)(H,99,130)(H,100,131)(H,101,123)(H,102,122)(H,103,127)(H,104,128)(H,105,134)(H,106,129)(H,107,132)(H,108,124)(H,109,125)(H,110,126)(H,111,133)(H,112,121)/b56-22-,57-23-. The van der Waals surface area contributed by atoms with Gasteiger partial charge < -0.3 is 133 Å². The number of nitrogens with one attached hydrogen (secondary N) is 17. The molecule has 2 aliphatic rings. The van der Waals surface area contributed by atoms with Gasteiger partial charge in [0.2, 0.25) is 100 Å². The van der Waals surface area contributed by atoms with E-state index in [2.05, 4.69) is 90.4 Å². The Morgan fingerprint density at radius 2 is 0.927 bits per heavy atom. The first-order valence-corrected chi connectivity index (χ1v) is 47.8. The number of amides is 19. The Labute approximate surface area is 803 Å². The molecule has 0 radical (unpaired) electrons. The minimum absolute atomic E-state index is 0.000602. The van der Waals surface area contributed by atoms with E-state index in [9.17, 15) is 111 Å². The average molecular weight is 1940 g/mol. The SMILES string of the molecule is C/C=C(\NC(=O)C(NC(=O)C(CC(C)C)NC(=O)C(CCC(N)=O)NC(=O)C(NC(=O)C(NC(=O)C(CC(C)C)NC(=O)C(CO)NC(=O)C(NC(=O)C(CC(C)C)NC(=O)C(CO)NC(=O)C1CCCN1C(=O)/C(=C/C)NC(=O)CC(O)CCCCC)C(C)C)C(C)C)C(C)C)C(C)C)C(=O)NC1C(=O)NC(CC(C)C)C(=O)NCC(=O)NC(CCN)C(=O)NC(CCCCN)C(=O)OC1C. The number of nitrogens with zero attached hydrogens (tertiary/aromatic N) is 1. The maximum atomic E-state index is 14.6. The minimum Gasteiger partial charge on any atom is -0.458 e. The van der Waals surface area contributed by atoms with Crippen molar-refractivity contribution in [1.82, 2.24) is 95.3 Å². The second-order valence-electron chi connectivity index (χ2n) is 38.0. The highest BCUT2D eigenvalue weighted by Crippen LogP contribution is 2.23. The van der Waals surface area contributed by atoms with Crippen LogP contribution in [0.15, 0.2) is 23.5 Å². The largest absolute Gasteiger partial charge is 0.458 e. The van der Waals surface area contributed by atoms with E-state index in [-0.39, 0.29) is 100 Å². The second-order valence-corrected chi connectivity index (χ2v) is 38.0. The Morgan fingerprint density at radius 3 is 1.37 bits per heavy atom. The van der Waals surface area contributed by atoms with E-state index < -0.39 is 283 Å². The van der Waals surface area contributed by atoms with Crippen LogP contribution in [-0.4, -0.2) is 281 Å². The molecule has 45 nitrogen and oxygen atoms in total. The van der Waals surface area contributed by atoms with Gasteiger partial charge in [0.1, 0.15) is 108 Å². The Balaban J connectivity index is 2.43. The number of ether oxygens (including phenoxy) is 1. The lowest BCUT2D eigenvalue weighted by molar-refractivity contribution is -0.156. The molecule has 776 valence electrons. The zero-order valence-corrected chi connectivity index (χ0v) is 83.4. The first-order chi connectivity index (χ1) is 64.2. The second kappa shape index (κ2) is 61.8. The van der Waals surface area contributed by atoms with Crippen molar-refractivity contribution in [1.29, 1.82) is 0 Å². The van der Waals surface area contributed by atoms with E-state index in [0.717, 1.165) is 18.9 Å². The first kappa shape index (κ1) is 122. The highest BCUT2D eigenvalue weighted by atomic mass is 16.5. The fourth-order valence-corrected chi connectivity index (χ4v) is 15.0. The quantitative estimate of drug-likeness (QED) is 0.0161.